The third-order valence-corrected chi connectivity index (χ3v) is 8.40. The number of hydrogen-bond acceptors (Lipinski definition) is 0. The molecule has 0 nitrogen and oxygen atoms in total. The van der Waals surface area contributed by atoms with Gasteiger partial charge >= 0.3 is 0 Å². The van der Waals surface area contributed by atoms with Crippen molar-refractivity contribution in [3.05, 3.63) is 82.9 Å². The van der Waals surface area contributed by atoms with Crippen LogP contribution in [0.15, 0.2) is 61.2 Å². The molecular weight excluding hydrogens is 420 g/mol. The third kappa shape index (κ3) is 7.52. The summed E-state index contributed by atoms with van der Waals surface area (Å²) in [6.45, 7) is 3.88. The largest absolute Gasteiger partial charge is 0.103 e. The molecule has 174 valence electrons. The van der Waals surface area contributed by atoms with Crippen LogP contribution in [-0.2, 0) is 0 Å². The van der Waals surface area contributed by atoms with Gasteiger partial charge in [-0.25, -0.2) is 0 Å². The molecular formula is C32H39Cl. The SMILES string of the molecule is C=CCCC1CCC(CCC2CCC(c3ccc(C#Cc4ccc(Cl)cc4)cc3)CC2)CC1. The first-order chi connectivity index (χ1) is 16.2. The minimum atomic E-state index is 0.736. The zero-order chi connectivity index (χ0) is 22.9. The average molecular weight is 459 g/mol. The minimum Gasteiger partial charge on any atom is -0.103 e. The van der Waals surface area contributed by atoms with Gasteiger partial charge in [-0.1, -0.05) is 80.2 Å². The number of hydrogen-bond donors (Lipinski definition) is 0. The van der Waals surface area contributed by atoms with Crippen molar-refractivity contribution < 1.29 is 0 Å². The van der Waals surface area contributed by atoms with Crippen LogP contribution in [0.3, 0.4) is 0 Å². The fourth-order valence-corrected chi connectivity index (χ4v) is 6.06. The van der Waals surface area contributed by atoms with E-state index in [2.05, 4.69) is 48.8 Å². The first-order valence-corrected chi connectivity index (χ1v) is 13.6. The number of benzene rings is 2. The van der Waals surface area contributed by atoms with Gasteiger partial charge in [0.15, 0.2) is 0 Å². The van der Waals surface area contributed by atoms with Crippen molar-refractivity contribution in [3.63, 3.8) is 0 Å². The summed E-state index contributed by atoms with van der Waals surface area (Å²) in [6, 6.07) is 16.7. The van der Waals surface area contributed by atoms with Crippen LogP contribution in [0.1, 0.15) is 99.7 Å². The van der Waals surface area contributed by atoms with Crippen LogP contribution in [0.25, 0.3) is 0 Å². The average Bonchev–Trinajstić information content (AvgIpc) is 2.87. The van der Waals surface area contributed by atoms with Crippen molar-refractivity contribution in [2.75, 3.05) is 0 Å². The van der Waals surface area contributed by atoms with E-state index in [9.17, 15) is 0 Å². The molecule has 0 spiro atoms. The molecule has 0 atom stereocenters. The van der Waals surface area contributed by atoms with E-state index in [1.165, 1.54) is 82.6 Å². The standard InChI is InChI=1S/C32H39Cl/c1-2-3-4-25-5-7-26(8-6-25)9-10-27-13-19-30(20-14-27)31-21-15-28(16-22-31)11-12-29-17-23-32(33)24-18-29/h2,15-18,21-27,30H,1,3-10,13-14,19-20H2. The Balaban J connectivity index is 1.18. The predicted octanol–water partition coefficient (Wildman–Crippen LogP) is 9.57. The molecule has 0 bridgehead atoms. The molecule has 0 radical (unpaired) electrons. The first kappa shape index (κ1) is 24.2. The Kier molecular flexibility index (Phi) is 9.14. The van der Waals surface area contributed by atoms with E-state index in [1.54, 1.807) is 0 Å². The zero-order valence-electron chi connectivity index (χ0n) is 20.1. The third-order valence-electron chi connectivity index (χ3n) is 8.15. The maximum atomic E-state index is 5.95. The Morgan fingerprint density at radius 1 is 0.667 bits per heavy atom. The topological polar surface area (TPSA) is 0 Å². The first-order valence-electron chi connectivity index (χ1n) is 13.2. The maximum Gasteiger partial charge on any atom is 0.0406 e. The minimum absolute atomic E-state index is 0.736. The van der Waals surface area contributed by atoms with Gasteiger partial charge in [0.25, 0.3) is 0 Å². The van der Waals surface area contributed by atoms with Crippen molar-refractivity contribution in [3.8, 4) is 11.8 Å². The molecule has 2 fully saturated rings. The van der Waals surface area contributed by atoms with Crippen LogP contribution >= 0.6 is 11.6 Å². The molecule has 2 aliphatic carbocycles. The number of allylic oxidation sites excluding steroid dienone is 1. The van der Waals surface area contributed by atoms with Crippen LogP contribution in [0.4, 0.5) is 0 Å². The monoisotopic (exact) mass is 458 g/mol. The van der Waals surface area contributed by atoms with Gasteiger partial charge < -0.3 is 0 Å². The Morgan fingerprint density at radius 2 is 1.12 bits per heavy atom. The van der Waals surface area contributed by atoms with Crippen LogP contribution in [0.5, 0.6) is 0 Å². The van der Waals surface area contributed by atoms with E-state index in [0.29, 0.717) is 0 Å². The van der Waals surface area contributed by atoms with Crippen LogP contribution in [0.2, 0.25) is 5.02 Å². The summed E-state index contributed by atoms with van der Waals surface area (Å²) in [5.74, 6) is 10.2. The molecule has 2 aliphatic rings. The summed E-state index contributed by atoms with van der Waals surface area (Å²) in [5, 5.41) is 0.752. The summed E-state index contributed by atoms with van der Waals surface area (Å²) in [4.78, 5) is 0. The summed E-state index contributed by atoms with van der Waals surface area (Å²) in [5.41, 5.74) is 3.59. The smallest absolute Gasteiger partial charge is 0.0406 e. The molecule has 2 aromatic rings. The highest BCUT2D eigenvalue weighted by molar-refractivity contribution is 6.30. The summed E-state index contributed by atoms with van der Waals surface area (Å²) in [7, 11) is 0. The van der Waals surface area contributed by atoms with E-state index >= 15 is 0 Å². The lowest BCUT2D eigenvalue weighted by Crippen LogP contribution is -2.17. The van der Waals surface area contributed by atoms with Crippen LogP contribution < -0.4 is 0 Å². The fourth-order valence-electron chi connectivity index (χ4n) is 5.93. The highest BCUT2D eigenvalue weighted by atomic mass is 35.5. The van der Waals surface area contributed by atoms with Crippen molar-refractivity contribution in [1.82, 2.24) is 0 Å². The molecule has 0 amide bonds. The lowest BCUT2D eigenvalue weighted by molar-refractivity contribution is 0.225. The lowest BCUT2D eigenvalue weighted by Gasteiger charge is -2.32. The van der Waals surface area contributed by atoms with Crippen molar-refractivity contribution in [2.45, 2.75) is 83.0 Å². The Morgan fingerprint density at radius 3 is 1.64 bits per heavy atom. The molecule has 0 heterocycles. The van der Waals surface area contributed by atoms with Gasteiger partial charge in [-0.05, 0) is 104 Å². The summed E-state index contributed by atoms with van der Waals surface area (Å²) < 4.78 is 0. The Hall–Kier alpha value is -1.97. The van der Waals surface area contributed by atoms with Gasteiger partial charge in [-0.3, -0.25) is 0 Å². The molecule has 1 heteroatoms. The summed E-state index contributed by atoms with van der Waals surface area (Å²) in [6.07, 6.45) is 19.0. The second-order valence-electron chi connectivity index (χ2n) is 10.4. The summed E-state index contributed by atoms with van der Waals surface area (Å²) >= 11 is 5.95. The second kappa shape index (κ2) is 12.5. The van der Waals surface area contributed by atoms with Gasteiger partial charge in [-0.15, -0.1) is 6.58 Å². The molecule has 0 aromatic heterocycles. The molecule has 0 saturated heterocycles. The van der Waals surface area contributed by atoms with Gasteiger partial charge in [0.2, 0.25) is 0 Å². The molecule has 0 N–H and O–H groups in total. The molecule has 0 aliphatic heterocycles. The van der Waals surface area contributed by atoms with Crippen molar-refractivity contribution in [2.24, 2.45) is 17.8 Å². The molecule has 4 rings (SSSR count). The van der Waals surface area contributed by atoms with E-state index < -0.39 is 0 Å². The highest BCUT2D eigenvalue weighted by Crippen LogP contribution is 2.40. The lowest BCUT2D eigenvalue weighted by atomic mass is 9.74. The predicted molar refractivity (Wildman–Crippen MR) is 143 cm³/mol. The van der Waals surface area contributed by atoms with E-state index in [1.807, 2.05) is 24.3 Å². The fraction of sp³-hybridized carbons (Fsp3) is 0.500. The van der Waals surface area contributed by atoms with Crippen molar-refractivity contribution in [1.29, 1.82) is 0 Å². The van der Waals surface area contributed by atoms with Crippen molar-refractivity contribution >= 4 is 11.6 Å². The van der Waals surface area contributed by atoms with Gasteiger partial charge in [-0.2, -0.15) is 0 Å². The Labute approximate surface area is 206 Å². The van der Waals surface area contributed by atoms with Gasteiger partial charge in [0.05, 0.1) is 0 Å². The second-order valence-corrected chi connectivity index (χ2v) is 10.9. The molecule has 33 heavy (non-hydrogen) atoms. The van der Waals surface area contributed by atoms with Gasteiger partial charge in [0.1, 0.15) is 0 Å². The van der Waals surface area contributed by atoms with E-state index in [0.717, 1.165) is 39.8 Å². The van der Waals surface area contributed by atoms with Crippen LogP contribution in [-0.4, -0.2) is 0 Å². The number of halogens is 1. The Bertz CT molecular complexity index is 911. The molecule has 2 aromatic carbocycles. The normalized spacial score (nSPS) is 25.1. The van der Waals surface area contributed by atoms with E-state index in [-0.39, 0.29) is 0 Å². The van der Waals surface area contributed by atoms with Crippen LogP contribution in [0, 0.1) is 29.6 Å². The quantitative estimate of drug-likeness (QED) is 0.286. The molecule has 2 saturated carbocycles. The van der Waals surface area contributed by atoms with Gasteiger partial charge in [0, 0.05) is 16.1 Å². The zero-order valence-corrected chi connectivity index (χ0v) is 20.8. The maximum absolute atomic E-state index is 5.95. The van der Waals surface area contributed by atoms with E-state index in [4.69, 9.17) is 11.6 Å². The molecule has 0 unspecified atom stereocenters. The highest BCUT2D eigenvalue weighted by Gasteiger charge is 2.25. The number of rotatable bonds is 7.